The van der Waals surface area contributed by atoms with Crippen LogP contribution in [0.25, 0.3) is 0 Å². The van der Waals surface area contributed by atoms with Gasteiger partial charge in [-0.15, -0.1) is 0 Å². The van der Waals surface area contributed by atoms with E-state index in [1.165, 1.54) is 0 Å². The largest absolute Gasteiger partial charge is 0.329 e. The molecule has 0 aromatic heterocycles. The van der Waals surface area contributed by atoms with E-state index in [0.29, 0.717) is 6.54 Å². The highest BCUT2D eigenvalue weighted by atomic mass is 79.9. The highest BCUT2D eigenvalue weighted by Crippen LogP contribution is 2.30. The number of hydrogen-bond donors (Lipinski definition) is 1. The SMILES string of the molecule is CN1CCN(C(CN)c2cc(Br)ccc2Cl)CC1. The molecule has 0 spiro atoms. The van der Waals surface area contributed by atoms with E-state index in [9.17, 15) is 0 Å². The summed E-state index contributed by atoms with van der Waals surface area (Å²) in [5.41, 5.74) is 7.08. The Kier molecular flexibility index (Phi) is 5.04. The minimum absolute atomic E-state index is 0.212. The van der Waals surface area contributed by atoms with Crippen molar-refractivity contribution in [1.29, 1.82) is 0 Å². The number of piperazine rings is 1. The number of rotatable bonds is 3. The van der Waals surface area contributed by atoms with Crippen LogP contribution in [0.1, 0.15) is 11.6 Å². The topological polar surface area (TPSA) is 32.5 Å². The summed E-state index contributed by atoms with van der Waals surface area (Å²) in [7, 11) is 2.15. The fourth-order valence-corrected chi connectivity index (χ4v) is 3.00. The van der Waals surface area contributed by atoms with Crippen LogP contribution in [0.15, 0.2) is 22.7 Å². The standard InChI is InChI=1S/C13H19BrClN3/c1-17-4-6-18(7-5-17)13(9-16)11-8-10(14)2-3-12(11)15/h2-3,8,13H,4-7,9,16H2,1H3. The smallest absolute Gasteiger partial charge is 0.0486 e. The second-order valence-electron chi connectivity index (χ2n) is 4.76. The molecule has 2 rings (SSSR count). The van der Waals surface area contributed by atoms with Gasteiger partial charge in [-0.2, -0.15) is 0 Å². The molecular weight excluding hydrogens is 314 g/mol. The maximum Gasteiger partial charge on any atom is 0.0486 e. The second kappa shape index (κ2) is 6.35. The first kappa shape index (κ1) is 14.3. The van der Waals surface area contributed by atoms with Crippen molar-refractivity contribution in [2.45, 2.75) is 6.04 Å². The van der Waals surface area contributed by atoms with Gasteiger partial charge in [0.1, 0.15) is 0 Å². The normalized spacial score (nSPS) is 20.0. The van der Waals surface area contributed by atoms with Crippen molar-refractivity contribution in [1.82, 2.24) is 9.80 Å². The fraction of sp³-hybridized carbons (Fsp3) is 0.538. The Balaban J connectivity index is 2.19. The van der Waals surface area contributed by atoms with Gasteiger partial charge in [0, 0.05) is 48.3 Å². The van der Waals surface area contributed by atoms with Gasteiger partial charge in [-0.05, 0) is 30.8 Å². The number of hydrogen-bond acceptors (Lipinski definition) is 3. The molecule has 1 fully saturated rings. The molecule has 100 valence electrons. The molecule has 1 aromatic rings. The van der Waals surface area contributed by atoms with Gasteiger partial charge in [-0.3, -0.25) is 4.90 Å². The number of halogens is 2. The van der Waals surface area contributed by atoms with Gasteiger partial charge >= 0.3 is 0 Å². The average Bonchev–Trinajstić information content (AvgIpc) is 2.37. The predicted octanol–water partition coefficient (Wildman–Crippen LogP) is 2.35. The molecule has 0 saturated carbocycles. The lowest BCUT2D eigenvalue weighted by atomic mass is 10.0. The summed E-state index contributed by atoms with van der Waals surface area (Å²) in [6, 6.07) is 6.19. The summed E-state index contributed by atoms with van der Waals surface area (Å²) >= 11 is 9.81. The van der Waals surface area contributed by atoms with E-state index < -0.39 is 0 Å². The molecule has 5 heteroatoms. The van der Waals surface area contributed by atoms with Crippen molar-refractivity contribution in [3.05, 3.63) is 33.3 Å². The third kappa shape index (κ3) is 3.25. The minimum atomic E-state index is 0.212. The van der Waals surface area contributed by atoms with Crippen LogP contribution in [0.5, 0.6) is 0 Å². The lowest BCUT2D eigenvalue weighted by molar-refractivity contribution is 0.114. The maximum absolute atomic E-state index is 6.30. The van der Waals surface area contributed by atoms with E-state index >= 15 is 0 Å². The zero-order valence-corrected chi connectivity index (χ0v) is 12.9. The molecule has 0 bridgehead atoms. The van der Waals surface area contributed by atoms with E-state index in [2.05, 4.69) is 38.8 Å². The summed E-state index contributed by atoms with van der Waals surface area (Å²) in [6.45, 7) is 4.85. The van der Waals surface area contributed by atoms with E-state index in [0.717, 1.165) is 41.2 Å². The van der Waals surface area contributed by atoms with Crippen LogP contribution in [0.2, 0.25) is 5.02 Å². The van der Waals surface area contributed by atoms with Gasteiger partial charge in [-0.1, -0.05) is 27.5 Å². The van der Waals surface area contributed by atoms with Gasteiger partial charge in [0.15, 0.2) is 0 Å². The second-order valence-corrected chi connectivity index (χ2v) is 6.08. The monoisotopic (exact) mass is 331 g/mol. The molecule has 2 N–H and O–H groups in total. The van der Waals surface area contributed by atoms with Gasteiger partial charge in [0.05, 0.1) is 0 Å². The van der Waals surface area contributed by atoms with E-state index in [4.69, 9.17) is 17.3 Å². The van der Waals surface area contributed by atoms with E-state index in [1.807, 2.05) is 12.1 Å². The molecule has 18 heavy (non-hydrogen) atoms. The van der Waals surface area contributed by atoms with Gasteiger partial charge in [0.25, 0.3) is 0 Å². The van der Waals surface area contributed by atoms with E-state index in [1.54, 1.807) is 0 Å². The Morgan fingerprint density at radius 3 is 2.61 bits per heavy atom. The number of nitrogens with two attached hydrogens (primary N) is 1. The van der Waals surface area contributed by atoms with Crippen LogP contribution in [0.4, 0.5) is 0 Å². The average molecular weight is 333 g/mol. The summed E-state index contributed by atoms with van der Waals surface area (Å²) in [5, 5.41) is 0.799. The van der Waals surface area contributed by atoms with E-state index in [-0.39, 0.29) is 6.04 Å². The number of benzene rings is 1. The van der Waals surface area contributed by atoms with Crippen LogP contribution < -0.4 is 5.73 Å². The van der Waals surface area contributed by atoms with Gasteiger partial charge in [0.2, 0.25) is 0 Å². The van der Waals surface area contributed by atoms with Crippen LogP contribution in [-0.4, -0.2) is 49.6 Å². The van der Waals surface area contributed by atoms with Crippen LogP contribution >= 0.6 is 27.5 Å². The van der Waals surface area contributed by atoms with Crippen LogP contribution in [0.3, 0.4) is 0 Å². The molecule has 1 heterocycles. The molecule has 1 aliphatic rings. The quantitative estimate of drug-likeness (QED) is 0.922. The highest BCUT2D eigenvalue weighted by molar-refractivity contribution is 9.10. The van der Waals surface area contributed by atoms with Crippen molar-refractivity contribution in [2.24, 2.45) is 5.73 Å². The summed E-state index contributed by atoms with van der Waals surface area (Å²) < 4.78 is 1.05. The Labute approximate surface area is 122 Å². The summed E-state index contributed by atoms with van der Waals surface area (Å²) in [4.78, 5) is 4.76. The zero-order valence-electron chi connectivity index (χ0n) is 10.6. The van der Waals surface area contributed by atoms with Gasteiger partial charge < -0.3 is 10.6 Å². The van der Waals surface area contributed by atoms with Crippen molar-refractivity contribution < 1.29 is 0 Å². The molecule has 1 atom stereocenters. The summed E-state index contributed by atoms with van der Waals surface area (Å²) in [5.74, 6) is 0. The van der Waals surface area contributed by atoms with Crippen molar-refractivity contribution >= 4 is 27.5 Å². The van der Waals surface area contributed by atoms with Crippen molar-refractivity contribution in [3.63, 3.8) is 0 Å². The Morgan fingerprint density at radius 1 is 1.33 bits per heavy atom. The molecule has 1 aliphatic heterocycles. The van der Waals surface area contributed by atoms with Crippen molar-refractivity contribution in [2.75, 3.05) is 39.8 Å². The molecular formula is C13H19BrClN3. The summed E-state index contributed by atoms with van der Waals surface area (Å²) in [6.07, 6.45) is 0. The third-order valence-corrected chi connectivity index (χ3v) is 4.36. The first-order chi connectivity index (χ1) is 8.61. The molecule has 1 unspecified atom stereocenters. The lowest BCUT2D eigenvalue weighted by Gasteiger charge is -2.38. The molecule has 0 amide bonds. The Morgan fingerprint density at radius 2 is 2.00 bits per heavy atom. The molecule has 1 saturated heterocycles. The molecule has 0 radical (unpaired) electrons. The fourth-order valence-electron chi connectivity index (χ4n) is 2.38. The first-order valence-corrected chi connectivity index (χ1v) is 7.36. The molecule has 0 aliphatic carbocycles. The Bertz CT molecular complexity index is 405. The number of nitrogens with zero attached hydrogens (tertiary/aromatic N) is 2. The number of likely N-dealkylation sites (N-methyl/N-ethyl adjacent to an activating group) is 1. The highest BCUT2D eigenvalue weighted by Gasteiger charge is 2.24. The third-order valence-electron chi connectivity index (χ3n) is 3.52. The van der Waals surface area contributed by atoms with Crippen molar-refractivity contribution in [3.8, 4) is 0 Å². The first-order valence-electron chi connectivity index (χ1n) is 6.19. The van der Waals surface area contributed by atoms with Gasteiger partial charge in [-0.25, -0.2) is 0 Å². The minimum Gasteiger partial charge on any atom is -0.329 e. The Hall–Kier alpha value is -0.130. The lowest BCUT2D eigenvalue weighted by Crippen LogP contribution is -2.47. The zero-order chi connectivity index (χ0) is 13.1. The predicted molar refractivity (Wildman–Crippen MR) is 80.0 cm³/mol. The van der Waals surface area contributed by atoms with Crippen LogP contribution in [-0.2, 0) is 0 Å². The molecule has 3 nitrogen and oxygen atoms in total. The van der Waals surface area contributed by atoms with Crippen LogP contribution in [0, 0.1) is 0 Å². The molecule has 1 aromatic carbocycles. The maximum atomic E-state index is 6.30.